The third-order valence-corrected chi connectivity index (χ3v) is 3.10. The summed E-state index contributed by atoms with van der Waals surface area (Å²) in [7, 11) is 1.72. The second kappa shape index (κ2) is 5.54. The Labute approximate surface area is 105 Å². The highest BCUT2D eigenvalue weighted by molar-refractivity contribution is 5.48. The van der Waals surface area contributed by atoms with Gasteiger partial charge in [-0.25, -0.2) is 0 Å². The van der Waals surface area contributed by atoms with E-state index in [4.69, 9.17) is 4.74 Å². The monoisotopic (exact) mass is 236 g/mol. The topological polar surface area (TPSA) is 29.5 Å². The second-order valence-corrected chi connectivity index (χ2v) is 5.22. The lowest BCUT2D eigenvalue weighted by atomic mass is 9.90. The van der Waals surface area contributed by atoms with Crippen molar-refractivity contribution >= 4 is 0 Å². The number of methoxy groups -OCH3 is 1. The van der Waals surface area contributed by atoms with Crippen molar-refractivity contribution in [3.8, 4) is 5.75 Å². The summed E-state index contributed by atoms with van der Waals surface area (Å²) in [5.41, 5.74) is 3.32. The molecule has 1 unspecified atom stereocenters. The van der Waals surface area contributed by atoms with E-state index in [2.05, 4.69) is 39.8 Å². The van der Waals surface area contributed by atoms with Crippen molar-refractivity contribution in [3.63, 3.8) is 0 Å². The molecule has 0 spiro atoms. The van der Waals surface area contributed by atoms with Crippen LogP contribution in [0.1, 0.15) is 69.2 Å². The molecule has 1 rings (SSSR count). The fourth-order valence-corrected chi connectivity index (χ4v) is 2.03. The summed E-state index contributed by atoms with van der Waals surface area (Å²) in [5.74, 6) is 1.75. The fraction of sp³-hybridized carbons (Fsp3) is 0.600. The van der Waals surface area contributed by atoms with Crippen LogP contribution in [0.2, 0.25) is 0 Å². The first-order valence-corrected chi connectivity index (χ1v) is 6.28. The number of hydrogen-bond acceptors (Lipinski definition) is 2. The molecule has 1 aromatic carbocycles. The molecule has 0 heterocycles. The number of ether oxygens (including phenoxy) is 1. The van der Waals surface area contributed by atoms with Gasteiger partial charge in [0.1, 0.15) is 5.75 Å². The quantitative estimate of drug-likeness (QED) is 0.856. The van der Waals surface area contributed by atoms with Gasteiger partial charge < -0.3 is 9.84 Å². The van der Waals surface area contributed by atoms with Crippen LogP contribution in [-0.4, -0.2) is 12.2 Å². The van der Waals surface area contributed by atoms with Gasteiger partial charge in [0.2, 0.25) is 0 Å². The van der Waals surface area contributed by atoms with Gasteiger partial charge in [-0.05, 0) is 47.6 Å². The van der Waals surface area contributed by atoms with E-state index in [9.17, 15) is 5.11 Å². The molecule has 0 bridgehead atoms. The molecule has 0 saturated carbocycles. The van der Waals surface area contributed by atoms with Gasteiger partial charge in [0.15, 0.2) is 0 Å². The van der Waals surface area contributed by atoms with Gasteiger partial charge in [-0.15, -0.1) is 0 Å². The first-order chi connectivity index (χ1) is 7.88. The maximum absolute atomic E-state index is 9.76. The van der Waals surface area contributed by atoms with Gasteiger partial charge in [0.25, 0.3) is 0 Å². The molecule has 0 saturated heterocycles. The maximum Gasteiger partial charge on any atom is 0.125 e. The van der Waals surface area contributed by atoms with E-state index >= 15 is 0 Å². The van der Waals surface area contributed by atoms with Crippen molar-refractivity contribution < 1.29 is 9.84 Å². The molecule has 0 amide bonds. The van der Waals surface area contributed by atoms with Crippen LogP contribution in [-0.2, 0) is 0 Å². The SMILES string of the molecule is COc1c(C(C)C)cc(C(C)O)cc1C(C)C. The summed E-state index contributed by atoms with van der Waals surface area (Å²) >= 11 is 0. The summed E-state index contributed by atoms with van der Waals surface area (Å²) in [4.78, 5) is 0. The molecule has 0 fully saturated rings. The van der Waals surface area contributed by atoms with E-state index in [0.717, 1.165) is 11.3 Å². The van der Waals surface area contributed by atoms with Crippen LogP contribution in [0, 0.1) is 0 Å². The van der Waals surface area contributed by atoms with Crippen LogP contribution >= 0.6 is 0 Å². The van der Waals surface area contributed by atoms with Crippen LogP contribution < -0.4 is 4.74 Å². The Morgan fingerprint density at radius 3 is 1.59 bits per heavy atom. The highest BCUT2D eigenvalue weighted by Gasteiger charge is 2.17. The third-order valence-electron chi connectivity index (χ3n) is 3.10. The van der Waals surface area contributed by atoms with Crippen molar-refractivity contribution in [2.45, 2.75) is 52.6 Å². The molecule has 2 nitrogen and oxygen atoms in total. The molecule has 1 atom stereocenters. The molecule has 0 aliphatic rings. The Morgan fingerprint density at radius 1 is 0.941 bits per heavy atom. The summed E-state index contributed by atoms with van der Waals surface area (Å²) in [6, 6.07) is 4.11. The van der Waals surface area contributed by atoms with E-state index in [0.29, 0.717) is 11.8 Å². The van der Waals surface area contributed by atoms with Crippen LogP contribution in [0.25, 0.3) is 0 Å². The molecule has 0 aliphatic carbocycles. The highest BCUT2D eigenvalue weighted by atomic mass is 16.5. The van der Waals surface area contributed by atoms with E-state index in [-0.39, 0.29) is 0 Å². The third kappa shape index (κ3) is 3.01. The van der Waals surface area contributed by atoms with Crippen molar-refractivity contribution in [1.82, 2.24) is 0 Å². The number of rotatable bonds is 4. The fourth-order valence-electron chi connectivity index (χ4n) is 2.03. The minimum absolute atomic E-state index is 0.390. The van der Waals surface area contributed by atoms with Gasteiger partial charge in [-0.1, -0.05) is 27.7 Å². The first kappa shape index (κ1) is 14.0. The minimum atomic E-state index is -0.434. The predicted molar refractivity (Wildman–Crippen MR) is 71.8 cm³/mol. The second-order valence-electron chi connectivity index (χ2n) is 5.22. The molecule has 0 aromatic heterocycles. The first-order valence-electron chi connectivity index (χ1n) is 6.28. The summed E-state index contributed by atoms with van der Waals surface area (Å²) in [6.45, 7) is 10.4. The minimum Gasteiger partial charge on any atom is -0.496 e. The summed E-state index contributed by atoms with van der Waals surface area (Å²) < 4.78 is 5.55. The molecule has 1 aromatic rings. The predicted octanol–water partition coefficient (Wildman–Crippen LogP) is 4.00. The van der Waals surface area contributed by atoms with Gasteiger partial charge in [-0.2, -0.15) is 0 Å². The molecule has 17 heavy (non-hydrogen) atoms. The van der Waals surface area contributed by atoms with Crippen molar-refractivity contribution in [1.29, 1.82) is 0 Å². The average molecular weight is 236 g/mol. The Morgan fingerprint density at radius 2 is 1.35 bits per heavy atom. The van der Waals surface area contributed by atoms with E-state index < -0.39 is 6.10 Å². The standard InChI is InChI=1S/C15H24O2/c1-9(2)13-7-12(11(5)16)8-14(10(3)4)15(13)17-6/h7-11,16H,1-6H3. The van der Waals surface area contributed by atoms with Gasteiger partial charge in [-0.3, -0.25) is 0 Å². The van der Waals surface area contributed by atoms with Crippen molar-refractivity contribution in [2.24, 2.45) is 0 Å². The number of benzene rings is 1. The zero-order valence-corrected chi connectivity index (χ0v) is 11.7. The number of aliphatic hydroxyl groups is 1. The van der Waals surface area contributed by atoms with Crippen LogP contribution in [0.4, 0.5) is 0 Å². The number of aliphatic hydroxyl groups excluding tert-OH is 1. The Kier molecular flexibility index (Phi) is 4.58. The van der Waals surface area contributed by atoms with E-state index in [1.807, 2.05) is 0 Å². The molecule has 96 valence electrons. The Hall–Kier alpha value is -1.02. The molecular formula is C15H24O2. The summed E-state index contributed by atoms with van der Waals surface area (Å²) in [6.07, 6.45) is -0.434. The molecule has 0 aliphatic heterocycles. The van der Waals surface area contributed by atoms with E-state index in [1.54, 1.807) is 14.0 Å². The van der Waals surface area contributed by atoms with Gasteiger partial charge in [0.05, 0.1) is 13.2 Å². The zero-order valence-electron chi connectivity index (χ0n) is 11.7. The lowest BCUT2D eigenvalue weighted by molar-refractivity contribution is 0.199. The lowest BCUT2D eigenvalue weighted by Crippen LogP contribution is -2.04. The normalized spacial score (nSPS) is 13.2. The smallest absolute Gasteiger partial charge is 0.125 e. The molecule has 2 heteroatoms. The van der Waals surface area contributed by atoms with Crippen LogP contribution in [0.5, 0.6) is 5.75 Å². The molecule has 1 N–H and O–H groups in total. The summed E-state index contributed by atoms with van der Waals surface area (Å²) in [5, 5.41) is 9.76. The van der Waals surface area contributed by atoms with Crippen LogP contribution in [0.15, 0.2) is 12.1 Å². The largest absolute Gasteiger partial charge is 0.496 e. The molecule has 0 radical (unpaired) electrons. The average Bonchev–Trinajstić information content (AvgIpc) is 2.26. The van der Waals surface area contributed by atoms with Crippen molar-refractivity contribution in [2.75, 3.05) is 7.11 Å². The molecular weight excluding hydrogens is 212 g/mol. The Balaban J connectivity index is 3.46. The zero-order chi connectivity index (χ0) is 13.2. The van der Waals surface area contributed by atoms with Crippen molar-refractivity contribution in [3.05, 3.63) is 28.8 Å². The van der Waals surface area contributed by atoms with Crippen LogP contribution in [0.3, 0.4) is 0 Å². The Bertz CT molecular complexity index is 350. The van der Waals surface area contributed by atoms with Gasteiger partial charge >= 0.3 is 0 Å². The lowest BCUT2D eigenvalue weighted by Gasteiger charge is -2.21. The van der Waals surface area contributed by atoms with Gasteiger partial charge in [0, 0.05) is 0 Å². The highest BCUT2D eigenvalue weighted by Crippen LogP contribution is 2.36. The maximum atomic E-state index is 9.76. The van der Waals surface area contributed by atoms with E-state index in [1.165, 1.54) is 11.1 Å². The number of hydrogen-bond donors (Lipinski definition) is 1.